The first-order chi connectivity index (χ1) is 28.4. The van der Waals surface area contributed by atoms with Crippen LogP contribution in [0.3, 0.4) is 0 Å². The Hall–Kier alpha value is -8.24. The number of nitro benzene ring substituents is 2. The summed E-state index contributed by atoms with van der Waals surface area (Å²) in [6.07, 6.45) is 0. The van der Waals surface area contributed by atoms with E-state index in [-0.39, 0.29) is 11.4 Å². The van der Waals surface area contributed by atoms with Crippen molar-refractivity contribution >= 4 is 55.0 Å². The lowest BCUT2D eigenvalue weighted by Crippen LogP contribution is -1.89. The molecular weight excluding hydrogens is 725 g/mol. The van der Waals surface area contributed by atoms with Gasteiger partial charge in [0.15, 0.2) is 0 Å². The maximum absolute atomic E-state index is 11.8. The van der Waals surface area contributed by atoms with Crippen LogP contribution in [0.2, 0.25) is 0 Å². The summed E-state index contributed by atoms with van der Waals surface area (Å²) in [5.74, 6) is 0. The van der Waals surface area contributed by atoms with Gasteiger partial charge in [-0.3, -0.25) is 20.2 Å². The lowest BCUT2D eigenvalue weighted by molar-refractivity contribution is -0.385. The van der Waals surface area contributed by atoms with E-state index in [0.717, 1.165) is 111 Å². The molecule has 0 fully saturated rings. The Labute approximate surface area is 329 Å². The molecular formula is C48H28N6O4. The number of hydrogen-bond acceptors (Lipinski definition) is 6. The normalized spacial score (nSPS) is 11.7. The molecule has 0 atom stereocenters. The summed E-state index contributed by atoms with van der Waals surface area (Å²) in [5.41, 5.74) is 13.2. The van der Waals surface area contributed by atoms with Crippen molar-refractivity contribution in [2.45, 2.75) is 0 Å². The van der Waals surface area contributed by atoms with Crippen LogP contribution in [0, 0.1) is 20.2 Å². The zero-order valence-corrected chi connectivity index (χ0v) is 30.4. The van der Waals surface area contributed by atoms with Gasteiger partial charge >= 0.3 is 0 Å². The number of rotatable bonds is 4. The van der Waals surface area contributed by atoms with Crippen molar-refractivity contribution in [3.05, 3.63) is 178 Å². The zero-order valence-electron chi connectivity index (χ0n) is 30.4. The topological polar surface area (TPSA) is 144 Å². The van der Waals surface area contributed by atoms with Crippen molar-refractivity contribution in [3.8, 4) is 67.3 Å². The van der Waals surface area contributed by atoms with E-state index < -0.39 is 9.85 Å². The highest BCUT2D eigenvalue weighted by Crippen LogP contribution is 2.47. The molecule has 2 aliphatic rings. The van der Waals surface area contributed by atoms with E-state index >= 15 is 0 Å². The molecule has 3 aromatic heterocycles. The number of aromatic amines is 2. The summed E-state index contributed by atoms with van der Waals surface area (Å²) in [6, 6.07) is 50.0. The van der Waals surface area contributed by atoms with Crippen LogP contribution >= 0.6 is 0 Å². The molecule has 0 saturated heterocycles. The lowest BCUT2D eigenvalue weighted by atomic mass is 9.96. The summed E-state index contributed by atoms with van der Waals surface area (Å²) in [6.45, 7) is 0. The van der Waals surface area contributed by atoms with Crippen molar-refractivity contribution in [3.63, 3.8) is 0 Å². The molecule has 0 radical (unpaired) electrons. The van der Waals surface area contributed by atoms with Crippen molar-refractivity contribution < 1.29 is 9.85 Å². The summed E-state index contributed by atoms with van der Waals surface area (Å²) < 4.78 is 0. The molecule has 274 valence electrons. The van der Waals surface area contributed by atoms with Crippen molar-refractivity contribution in [2.24, 2.45) is 0 Å². The average molecular weight is 753 g/mol. The summed E-state index contributed by atoms with van der Waals surface area (Å²) in [5, 5.41) is 27.4. The maximum atomic E-state index is 11.8. The van der Waals surface area contributed by atoms with Crippen LogP contribution in [0.5, 0.6) is 0 Å². The quantitative estimate of drug-likeness (QED) is 0.135. The first-order valence-electron chi connectivity index (χ1n) is 18.7. The Bertz CT molecular complexity index is 3180. The number of benzene rings is 6. The molecule has 10 heteroatoms. The monoisotopic (exact) mass is 752 g/mol. The molecule has 58 heavy (non-hydrogen) atoms. The van der Waals surface area contributed by atoms with E-state index in [1.54, 1.807) is 24.3 Å². The van der Waals surface area contributed by atoms with Gasteiger partial charge in [-0.2, -0.15) is 0 Å². The van der Waals surface area contributed by atoms with Crippen LogP contribution < -0.4 is 0 Å². The highest BCUT2D eigenvalue weighted by molar-refractivity contribution is 6.16. The van der Waals surface area contributed by atoms with Crippen LogP contribution in [0.25, 0.3) is 111 Å². The zero-order chi connectivity index (χ0) is 39.1. The van der Waals surface area contributed by atoms with Crippen LogP contribution in [-0.2, 0) is 0 Å². The van der Waals surface area contributed by atoms with E-state index in [2.05, 4.69) is 70.6 Å². The van der Waals surface area contributed by atoms with Crippen molar-refractivity contribution in [1.82, 2.24) is 19.9 Å². The Kier molecular flexibility index (Phi) is 7.23. The van der Waals surface area contributed by atoms with Crippen LogP contribution in [0.4, 0.5) is 11.4 Å². The largest absolute Gasteiger partial charge is 0.354 e. The molecule has 0 amide bonds. The molecule has 10 nitrogen and oxygen atoms in total. The number of nitrogens with zero attached hydrogens (tertiary/aromatic N) is 4. The SMILES string of the molecule is O=[N+]([O-])c1ccc(-c2c3nc(cc4[nH]c(c(-c5ccc([N+](=O)[O-])cc5)c5nc(cc6[nH]c2c2ccccc62)-c2ccccc2-5)c2ccccc42)-c2ccccc2-3)cc1. The van der Waals surface area contributed by atoms with Crippen LogP contribution in [-0.4, -0.2) is 29.8 Å². The minimum atomic E-state index is -0.390. The summed E-state index contributed by atoms with van der Waals surface area (Å²) >= 11 is 0. The molecule has 0 spiro atoms. The van der Waals surface area contributed by atoms with E-state index in [4.69, 9.17) is 9.97 Å². The molecule has 11 rings (SSSR count). The van der Waals surface area contributed by atoms with E-state index in [0.29, 0.717) is 0 Å². The second-order valence-corrected chi connectivity index (χ2v) is 14.3. The number of fused-ring (bicyclic) bond motifs is 20. The van der Waals surface area contributed by atoms with Gasteiger partial charge in [0.2, 0.25) is 0 Å². The number of non-ortho nitro benzene ring substituents is 2. The van der Waals surface area contributed by atoms with Crippen molar-refractivity contribution in [2.75, 3.05) is 0 Å². The Morgan fingerprint density at radius 1 is 0.414 bits per heavy atom. The van der Waals surface area contributed by atoms with Gasteiger partial charge in [-0.05, 0) is 47.5 Å². The van der Waals surface area contributed by atoms with Gasteiger partial charge in [-0.1, -0.05) is 97.1 Å². The van der Waals surface area contributed by atoms with E-state index in [1.165, 1.54) is 24.3 Å². The van der Waals surface area contributed by atoms with Gasteiger partial charge in [0.1, 0.15) is 0 Å². The van der Waals surface area contributed by atoms with Gasteiger partial charge in [-0.25, -0.2) is 9.97 Å². The number of nitro groups is 2. The molecule has 0 aliphatic carbocycles. The number of nitrogens with one attached hydrogen (secondary N) is 2. The van der Waals surface area contributed by atoms with Crippen LogP contribution in [0.1, 0.15) is 0 Å². The molecule has 9 aromatic rings. The Morgan fingerprint density at radius 3 is 1.14 bits per heavy atom. The third-order valence-electron chi connectivity index (χ3n) is 11.1. The Balaban J connectivity index is 1.38. The van der Waals surface area contributed by atoms with E-state index in [1.807, 2.05) is 48.5 Å². The lowest BCUT2D eigenvalue weighted by Gasteiger charge is -2.07. The van der Waals surface area contributed by atoms with Gasteiger partial charge in [0, 0.05) is 90.2 Å². The first-order valence-corrected chi connectivity index (χ1v) is 18.7. The summed E-state index contributed by atoms with van der Waals surface area (Å²) in [4.78, 5) is 41.1. The molecule has 2 N–H and O–H groups in total. The summed E-state index contributed by atoms with van der Waals surface area (Å²) in [7, 11) is 0. The van der Waals surface area contributed by atoms with Crippen LogP contribution in [0.15, 0.2) is 158 Å². The average Bonchev–Trinajstić information content (AvgIpc) is 4.01. The molecule has 0 unspecified atom stereocenters. The molecule has 5 heterocycles. The first kappa shape index (κ1) is 33.1. The van der Waals surface area contributed by atoms with Gasteiger partial charge in [-0.15, -0.1) is 0 Å². The van der Waals surface area contributed by atoms with Crippen molar-refractivity contribution in [1.29, 1.82) is 0 Å². The van der Waals surface area contributed by atoms with Gasteiger partial charge in [0.25, 0.3) is 11.4 Å². The fraction of sp³-hybridized carbons (Fsp3) is 0. The Morgan fingerprint density at radius 2 is 0.759 bits per heavy atom. The molecule has 0 saturated carbocycles. The standard InChI is InChI=1S/C48H28N6O4/c55-53(56)29-21-17-27(18-22-29)43-45-35-13-5-1-9-31(35)39(49-45)25-40-32-10-2-6-14-36(32)47(50-40)44(28-19-23-30(24-20-28)54(57)58)48-38-16-8-4-12-34(38)42(52-48)26-41-33-11-3-7-15-37(33)46(43)51-41/h1-26,49,52H. The maximum Gasteiger partial charge on any atom is 0.269 e. The fourth-order valence-corrected chi connectivity index (χ4v) is 8.51. The number of aromatic nitrogens is 4. The molecule has 6 aromatic carbocycles. The minimum Gasteiger partial charge on any atom is -0.354 e. The second kappa shape index (κ2) is 12.7. The third-order valence-corrected chi connectivity index (χ3v) is 11.1. The molecule has 8 bridgehead atoms. The van der Waals surface area contributed by atoms with E-state index in [9.17, 15) is 20.2 Å². The highest BCUT2D eigenvalue weighted by Gasteiger charge is 2.26. The molecule has 2 aliphatic heterocycles. The predicted molar refractivity (Wildman–Crippen MR) is 229 cm³/mol. The predicted octanol–water partition coefficient (Wildman–Crippen LogP) is 12.4. The second-order valence-electron chi connectivity index (χ2n) is 14.3. The third kappa shape index (κ3) is 5.05. The smallest absolute Gasteiger partial charge is 0.269 e. The number of hydrogen-bond donors (Lipinski definition) is 2. The minimum absolute atomic E-state index is 0.00144. The van der Waals surface area contributed by atoms with Gasteiger partial charge in [0.05, 0.1) is 43.7 Å². The number of H-pyrrole nitrogens is 2. The fourth-order valence-electron chi connectivity index (χ4n) is 8.51. The van der Waals surface area contributed by atoms with Gasteiger partial charge < -0.3 is 9.97 Å². The highest BCUT2D eigenvalue weighted by atomic mass is 16.6.